The van der Waals surface area contributed by atoms with Crippen molar-refractivity contribution in [3.8, 4) is 17.6 Å². The molecule has 28 heavy (non-hydrogen) atoms. The summed E-state index contributed by atoms with van der Waals surface area (Å²) in [6.45, 7) is 1.41. The fraction of sp³-hybridized carbons (Fsp3) is 0.182. The highest BCUT2D eigenvalue weighted by atomic mass is 19.2. The molecule has 0 bridgehead atoms. The normalized spacial score (nSPS) is 15.2. The minimum Gasteiger partial charge on any atom is -0.468 e. The van der Waals surface area contributed by atoms with Crippen molar-refractivity contribution >= 4 is 10.8 Å². The molecule has 4 rings (SSSR count). The van der Waals surface area contributed by atoms with Gasteiger partial charge in [-0.25, -0.2) is 13.2 Å². The molecule has 1 atom stereocenters. The molecule has 0 spiro atoms. The molecule has 3 nitrogen and oxygen atoms in total. The Balaban J connectivity index is 1.43. The van der Waals surface area contributed by atoms with Gasteiger partial charge in [0.15, 0.2) is 24.2 Å². The molecule has 1 fully saturated rings. The van der Waals surface area contributed by atoms with Crippen LogP contribution in [0.15, 0.2) is 48.5 Å². The van der Waals surface area contributed by atoms with Crippen molar-refractivity contribution < 1.29 is 27.4 Å². The lowest BCUT2D eigenvalue weighted by molar-refractivity contribution is 0.00821. The van der Waals surface area contributed by atoms with Crippen molar-refractivity contribution in [2.24, 2.45) is 0 Å². The molecule has 1 heterocycles. The molecule has 3 aromatic rings. The van der Waals surface area contributed by atoms with E-state index in [2.05, 4.69) is 11.8 Å². The zero-order valence-corrected chi connectivity index (χ0v) is 14.7. The molecular formula is C22H15F3O3. The van der Waals surface area contributed by atoms with Gasteiger partial charge in [-0.2, -0.15) is 0 Å². The van der Waals surface area contributed by atoms with E-state index in [0.717, 1.165) is 18.2 Å². The van der Waals surface area contributed by atoms with E-state index < -0.39 is 17.5 Å². The Morgan fingerprint density at radius 1 is 0.929 bits per heavy atom. The van der Waals surface area contributed by atoms with Crippen molar-refractivity contribution in [1.29, 1.82) is 0 Å². The lowest BCUT2D eigenvalue weighted by atomic mass is 10.1. The van der Waals surface area contributed by atoms with E-state index in [1.165, 1.54) is 12.1 Å². The number of hydrogen-bond acceptors (Lipinski definition) is 3. The molecule has 0 aromatic heterocycles. The molecule has 0 aliphatic carbocycles. The number of benzene rings is 3. The average Bonchev–Trinajstić information content (AvgIpc) is 3.53. The minimum atomic E-state index is -1.47. The quantitative estimate of drug-likeness (QED) is 0.215. The van der Waals surface area contributed by atoms with E-state index in [9.17, 15) is 13.2 Å². The van der Waals surface area contributed by atoms with Gasteiger partial charge in [0.1, 0.15) is 11.9 Å². The lowest BCUT2D eigenvalue weighted by Gasteiger charge is -2.06. The standard InChI is InChI=1S/C22H15F3O3/c23-20-10-16-9-15(5-8-19(16)21(24)22(20)25)2-1-14-3-6-17(7-4-14)28-13-26-11-18-12-27-18/h3-10,18H,11-13H2. The molecule has 142 valence electrons. The molecule has 0 amide bonds. The first-order valence-electron chi connectivity index (χ1n) is 8.61. The van der Waals surface area contributed by atoms with E-state index in [4.69, 9.17) is 14.2 Å². The van der Waals surface area contributed by atoms with Gasteiger partial charge in [-0.05, 0) is 47.9 Å². The summed E-state index contributed by atoms with van der Waals surface area (Å²) in [7, 11) is 0. The van der Waals surface area contributed by atoms with Crippen LogP contribution in [-0.2, 0) is 9.47 Å². The van der Waals surface area contributed by atoms with Gasteiger partial charge >= 0.3 is 0 Å². The summed E-state index contributed by atoms with van der Waals surface area (Å²) in [5, 5.41) is 0.268. The van der Waals surface area contributed by atoms with Gasteiger partial charge in [0.25, 0.3) is 0 Å². The van der Waals surface area contributed by atoms with Crippen LogP contribution >= 0.6 is 0 Å². The summed E-state index contributed by atoms with van der Waals surface area (Å²) in [5.41, 5.74) is 1.31. The number of epoxide rings is 1. The van der Waals surface area contributed by atoms with Crippen LogP contribution in [0.2, 0.25) is 0 Å². The Bertz CT molecular complexity index is 1060. The third-order valence-electron chi connectivity index (χ3n) is 4.19. The Kier molecular flexibility index (Phi) is 5.20. The highest BCUT2D eigenvalue weighted by Crippen LogP contribution is 2.24. The summed E-state index contributed by atoms with van der Waals surface area (Å²) >= 11 is 0. The van der Waals surface area contributed by atoms with Gasteiger partial charge < -0.3 is 14.2 Å². The van der Waals surface area contributed by atoms with Crippen molar-refractivity contribution in [2.45, 2.75) is 6.10 Å². The maximum atomic E-state index is 13.8. The third-order valence-corrected chi connectivity index (χ3v) is 4.19. The second-order valence-electron chi connectivity index (χ2n) is 6.28. The third kappa shape index (κ3) is 4.28. The van der Waals surface area contributed by atoms with Gasteiger partial charge in [0.2, 0.25) is 0 Å². The summed E-state index contributed by atoms with van der Waals surface area (Å²) in [4.78, 5) is 0. The Labute approximate surface area is 159 Å². The first-order chi connectivity index (χ1) is 13.6. The average molecular weight is 384 g/mol. The number of halogens is 3. The van der Waals surface area contributed by atoms with Crippen LogP contribution in [-0.4, -0.2) is 26.1 Å². The lowest BCUT2D eigenvalue weighted by Crippen LogP contribution is -2.07. The largest absolute Gasteiger partial charge is 0.468 e. The monoisotopic (exact) mass is 384 g/mol. The van der Waals surface area contributed by atoms with Crippen LogP contribution in [0.5, 0.6) is 5.75 Å². The maximum Gasteiger partial charge on any atom is 0.195 e. The molecule has 0 N–H and O–H groups in total. The molecule has 1 saturated heterocycles. The summed E-state index contributed by atoms with van der Waals surface area (Å²) in [5.74, 6) is 2.66. The van der Waals surface area contributed by atoms with Crippen molar-refractivity contribution in [3.63, 3.8) is 0 Å². The summed E-state index contributed by atoms with van der Waals surface area (Å²) < 4.78 is 56.2. The molecule has 1 aliphatic heterocycles. The predicted octanol–water partition coefficient (Wildman–Crippen LogP) is 4.41. The Morgan fingerprint density at radius 3 is 2.39 bits per heavy atom. The SMILES string of the molecule is Fc1cc2cc(C#Cc3ccc(OCOCC4CO4)cc3)ccc2c(F)c1F. The highest BCUT2D eigenvalue weighted by Gasteiger charge is 2.22. The Hall–Kier alpha value is -3.01. The van der Waals surface area contributed by atoms with Gasteiger partial charge in [-0.1, -0.05) is 17.9 Å². The molecule has 1 unspecified atom stereocenters. The number of rotatable bonds is 5. The molecule has 0 radical (unpaired) electrons. The minimum absolute atomic E-state index is 0.0152. The van der Waals surface area contributed by atoms with Crippen LogP contribution in [0.1, 0.15) is 11.1 Å². The van der Waals surface area contributed by atoms with Gasteiger partial charge in [0, 0.05) is 16.5 Å². The molecule has 1 aliphatic rings. The van der Waals surface area contributed by atoms with Crippen LogP contribution in [0.25, 0.3) is 10.8 Å². The van der Waals surface area contributed by atoms with E-state index in [0.29, 0.717) is 17.9 Å². The van der Waals surface area contributed by atoms with Crippen LogP contribution < -0.4 is 4.74 Å². The topological polar surface area (TPSA) is 31.0 Å². The maximum absolute atomic E-state index is 13.8. The summed E-state index contributed by atoms with van der Waals surface area (Å²) in [6.07, 6.45) is 0.198. The number of hydrogen-bond donors (Lipinski definition) is 0. The van der Waals surface area contributed by atoms with Gasteiger partial charge in [-0.15, -0.1) is 0 Å². The molecule has 0 saturated carbocycles. The molecule has 6 heteroatoms. The fourth-order valence-corrected chi connectivity index (χ4v) is 2.62. The predicted molar refractivity (Wildman–Crippen MR) is 97.4 cm³/mol. The van der Waals surface area contributed by atoms with Crippen molar-refractivity contribution in [3.05, 3.63) is 77.1 Å². The molecule has 3 aromatic carbocycles. The van der Waals surface area contributed by atoms with E-state index in [1.54, 1.807) is 30.3 Å². The van der Waals surface area contributed by atoms with Gasteiger partial charge in [-0.3, -0.25) is 0 Å². The molecular weight excluding hydrogens is 369 g/mol. The van der Waals surface area contributed by atoms with E-state index >= 15 is 0 Å². The second kappa shape index (κ2) is 7.93. The second-order valence-corrected chi connectivity index (χ2v) is 6.28. The van der Waals surface area contributed by atoms with Crippen molar-refractivity contribution in [2.75, 3.05) is 20.0 Å². The first-order valence-corrected chi connectivity index (χ1v) is 8.61. The highest BCUT2D eigenvalue weighted by molar-refractivity contribution is 5.84. The van der Waals surface area contributed by atoms with E-state index in [1.807, 2.05) is 0 Å². The smallest absolute Gasteiger partial charge is 0.195 e. The zero-order valence-electron chi connectivity index (χ0n) is 14.7. The van der Waals surface area contributed by atoms with E-state index in [-0.39, 0.29) is 23.7 Å². The fourth-order valence-electron chi connectivity index (χ4n) is 2.62. The number of fused-ring (bicyclic) bond motifs is 1. The van der Waals surface area contributed by atoms with Crippen LogP contribution in [0.3, 0.4) is 0 Å². The van der Waals surface area contributed by atoms with Crippen LogP contribution in [0.4, 0.5) is 13.2 Å². The first kappa shape index (κ1) is 18.4. The summed E-state index contributed by atoms with van der Waals surface area (Å²) in [6, 6.07) is 12.6. The van der Waals surface area contributed by atoms with Gasteiger partial charge in [0.05, 0.1) is 13.2 Å². The van der Waals surface area contributed by atoms with Crippen LogP contribution in [0, 0.1) is 29.3 Å². The number of ether oxygens (including phenoxy) is 3. The zero-order chi connectivity index (χ0) is 19.5. The van der Waals surface area contributed by atoms with Crippen molar-refractivity contribution in [1.82, 2.24) is 0 Å². The Morgan fingerprint density at radius 2 is 1.64 bits per heavy atom.